The molecule has 0 unspecified atom stereocenters. The minimum absolute atomic E-state index is 0.314. The van der Waals surface area contributed by atoms with Crippen LogP contribution in [0, 0.1) is 5.82 Å². The van der Waals surface area contributed by atoms with Gasteiger partial charge in [-0.05, 0) is 47.5 Å². The average Bonchev–Trinajstić information content (AvgIpc) is 3.17. The molecule has 2 amide bonds. The number of rotatable bonds is 5. The van der Waals surface area contributed by atoms with Crippen molar-refractivity contribution in [3.05, 3.63) is 82.5 Å². The number of methoxy groups -OCH3 is 1. The van der Waals surface area contributed by atoms with Gasteiger partial charge in [0.2, 0.25) is 0 Å². The second-order valence-electron chi connectivity index (χ2n) is 5.71. The highest BCUT2D eigenvalue weighted by Gasteiger charge is 2.12. The summed E-state index contributed by atoms with van der Waals surface area (Å²) in [6.45, 7) is 0.466. The number of hydrogen-bond donors (Lipinski definition) is 2. The van der Waals surface area contributed by atoms with Crippen LogP contribution in [0.25, 0.3) is 10.4 Å². The Bertz CT molecular complexity index is 937. The molecule has 0 radical (unpaired) electrons. The summed E-state index contributed by atoms with van der Waals surface area (Å²) in [5, 5.41) is 0. The van der Waals surface area contributed by atoms with E-state index in [1.54, 1.807) is 55.6 Å². The zero-order chi connectivity index (χ0) is 19.2. The highest BCUT2D eigenvalue weighted by atomic mass is 32.1. The summed E-state index contributed by atoms with van der Waals surface area (Å²) >= 11 is 1.26. The van der Waals surface area contributed by atoms with Crippen molar-refractivity contribution >= 4 is 23.2 Å². The van der Waals surface area contributed by atoms with E-state index >= 15 is 0 Å². The number of thiophene rings is 1. The van der Waals surface area contributed by atoms with Crippen LogP contribution in [0.3, 0.4) is 0 Å². The molecule has 27 heavy (non-hydrogen) atoms. The zero-order valence-corrected chi connectivity index (χ0v) is 15.3. The van der Waals surface area contributed by atoms with Crippen molar-refractivity contribution in [1.29, 1.82) is 0 Å². The fourth-order valence-corrected chi connectivity index (χ4v) is 3.30. The van der Waals surface area contributed by atoms with Gasteiger partial charge >= 0.3 is 0 Å². The first-order valence-electron chi connectivity index (χ1n) is 8.11. The minimum Gasteiger partial charge on any atom is -0.380 e. The Balaban J connectivity index is 1.59. The van der Waals surface area contributed by atoms with E-state index in [4.69, 9.17) is 4.74 Å². The maximum Gasteiger partial charge on any atom is 0.279 e. The molecule has 0 atom stereocenters. The van der Waals surface area contributed by atoms with E-state index in [9.17, 15) is 14.0 Å². The van der Waals surface area contributed by atoms with Crippen LogP contribution in [0.4, 0.5) is 4.39 Å². The molecule has 0 saturated carbocycles. The summed E-state index contributed by atoms with van der Waals surface area (Å²) < 4.78 is 18.0. The van der Waals surface area contributed by atoms with Gasteiger partial charge in [0.05, 0.1) is 11.5 Å². The number of carbonyl (C=O) groups is 2. The summed E-state index contributed by atoms with van der Waals surface area (Å²) in [6.07, 6.45) is 0. The van der Waals surface area contributed by atoms with Crippen molar-refractivity contribution in [3.63, 3.8) is 0 Å². The Hall–Kier alpha value is -3.03. The molecule has 1 heterocycles. The largest absolute Gasteiger partial charge is 0.380 e. The first-order valence-corrected chi connectivity index (χ1v) is 8.93. The van der Waals surface area contributed by atoms with Gasteiger partial charge in [-0.1, -0.05) is 24.3 Å². The molecular weight excluding hydrogens is 367 g/mol. The van der Waals surface area contributed by atoms with Crippen LogP contribution in [0.5, 0.6) is 0 Å². The summed E-state index contributed by atoms with van der Waals surface area (Å²) in [7, 11) is 1.60. The summed E-state index contributed by atoms with van der Waals surface area (Å²) in [4.78, 5) is 25.6. The van der Waals surface area contributed by atoms with Gasteiger partial charge in [0, 0.05) is 17.6 Å². The van der Waals surface area contributed by atoms with Gasteiger partial charge in [0.15, 0.2) is 0 Å². The van der Waals surface area contributed by atoms with Gasteiger partial charge in [0.1, 0.15) is 5.82 Å². The lowest BCUT2D eigenvalue weighted by atomic mass is 10.1. The van der Waals surface area contributed by atoms with Crippen LogP contribution < -0.4 is 10.9 Å². The molecular formula is C20H17FN2O3S. The number of halogens is 1. The normalized spacial score (nSPS) is 10.4. The lowest BCUT2D eigenvalue weighted by molar-refractivity contribution is 0.0849. The molecule has 3 rings (SSSR count). The van der Waals surface area contributed by atoms with E-state index in [1.807, 2.05) is 0 Å². The van der Waals surface area contributed by atoms with Crippen molar-refractivity contribution in [2.75, 3.05) is 7.11 Å². The Morgan fingerprint density at radius 3 is 2.26 bits per heavy atom. The molecule has 0 fully saturated rings. The first-order chi connectivity index (χ1) is 13.1. The average molecular weight is 384 g/mol. The highest BCUT2D eigenvalue weighted by Crippen LogP contribution is 2.28. The third-order valence-electron chi connectivity index (χ3n) is 3.78. The minimum atomic E-state index is -0.419. The predicted molar refractivity (Wildman–Crippen MR) is 102 cm³/mol. The standard InChI is InChI=1S/C20H17FN2O3S/c1-26-12-13-2-4-15(5-3-13)19(24)22-23-20(25)18-11-10-17(27-18)14-6-8-16(21)9-7-14/h2-11H,12H2,1H3,(H,22,24)(H,23,25). The van der Waals surface area contributed by atoms with Gasteiger partial charge in [-0.25, -0.2) is 4.39 Å². The number of nitrogens with one attached hydrogen (secondary N) is 2. The molecule has 0 saturated heterocycles. The van der Waals surface area contributed by atoms with Gasteiger partial charge in [-0.2, -0.15) is 0 Å². The highest BCUT2D eigenvalue weighted by molar-refractivity contribution is 7.17. The molecule has 2 aromatic carbocycles. The smallest absolute Gasteiger partial charge is 0.279 e. The number of hydrazine groups is 1. The van der Waals surface area contributed by atoms with Gasteiger partial charge in [-0.15, -0.1) is 11.3 Å². The third-order valence-corrected chi connectivity index (χ3v) is 4.91. The van der Waals surface area contributed by atoms with Crippen LogP contribution in [0.15, 0.2) is 60.7 Å². The van der Waals surface area contributed by atoms with Crippen molar-refractivity contribution in [1.82, 2.24) is 10.9 Å². The number of amides is 2. The molecule has 138 valence electrons. The number of carbonyl (C=O) groups excluding carboxylic acids is 2. The fraction of sp³-hybridized carbons (Fsp3) is 0.100. The second kappa shape index (κ2) is 8.57. The topological polar surface area (TPSA) is 67.4 Å². The van der Waals surface area contributed by atoms with Crippen LogP contribution in [0.1, 0.15) is 25.6 Å². The molecule has 7 heteroatoms. The molecule has 5 nitrogen and oxygen atoms in total. The lowest BCUT2D eigenvalue weighted by Crippen LogP contribution is -2.41. The Kier molecular flexibility index (Phi) is 5.95. The van der Waals surface area contributed by atoms with Crippen molar-refractivity contribution in [3.8, 4) is 10.4 Å². The van der Waals surface area contributed by atoms with E-state index in [1.165, 1.54) is 23.5 Å². The monoisotopic (exact) mass is 384 g/mol. The van der Waals surface area contributed by atoms with Crippen molar-refractivity contribution in [2.45, 2.75) is 6.61 Å². The molecule has 0 aliphatic heterocycles. The van der Waals surface area contributed by atoms with E-state index < -0.39 is 11.8 Å². The fourth-order valence-electron chi connectivity index (χ4n) is 2.40. The van der Waals surface area contributed by atoms with E-state index in [2.05, 4.69) is 10.9 Å². The Morgan fingerprint density at radius 1 is 0.926 bits per heavy atom. The lowest BCUT2D eigenvalue weighted by Gasteiger charge is -2.07. The number of benzene rings is 2. The Labute approximate surface area is 159 Å². The van der Waals surface area contributed by atoms with E-state index in [0.717, 1.165) is 16.0 Å². The van der Waals surface area contributed by atoms with Crippen LogP contribution in [0.2, 0.25) is 0 Å². The third kappa shape index (κ3) is 4.78. The Morgan fingerprint density at radius 2 is 1.59 bits per heavy atom. The van der Waals surface area contributed by atoms with Crippen LogP contribution in [-0.4, -0.2) is 18.9 Å². The van der Waals surface area contributed by atoms with E-state index in [-0.39, 0.29) is 5.82 Å². The zero-order valence-electron chi connectivity index (χ0n) is 14.5. The van der Waals surface area contributed by atoms with E-state index in [0.29, 0.717) is 17.0 Å². The van der Waals surface area contributed by atoms with Gasteiger partial charge < -0.3 is 4.74 Å². The van der Waals surface area contributed by atoms with Crippen LogP contribution in [-0.2, 0) is 11.3 Å². The molecule has 0 spiro atoms. The molecule has 2 N–H and O–H groups in total. The number of hydrogen-bond acceptors (Lipinski definition) is 4. The van der Waals surface area contributed by atoms with Gasteiger partial charge in [-0.3, -0.25) is 20.4 Å². The molecule has 1 aromatic heterocycles. The second-order valence-corrected chi connectivity index (χ2v) is 6.79. The predicted octanol–water partition coefficient (Wildman–Crippen LogP) is 3.78. The quantitative estimate of drug-likeness (QED) is 0.658. The molecule has 0 bridgehead atoms. The molecule has 3 aromatic rings. The number of ether oxygens (including phenoxy) is 1. The van der Waals surface area contributed by atoms with Gasteiger partial charge in [0.25, 0.3) is 11.8 Å². The molecule has 0 aliphatic carbocycles. The summed E-state index contributed by atoms with van der Waals surface area (Å²) in [5.41, 5.74) is 6.98. The molecule has 0 aliphatic rings. The first kappa shape index (κ1) is 18.8. The summed E-state index contributed by atoms with van der Waals surface area (Å²) in [5.74, 6) is -1.15. The SMILES string of the molecule is COCc1ccc(C(=O)NNC(=O)c2ccc(-c3ccc(F)cc3)s2)cc1. The maximum absolute atomic E-state index is 13.0. The summed E-state index contributed by atoms with van der Waals surface area (Å²) in [6, 6.07) is 16.4. The van der Waals surface area contributed by atoms with Crippen LogP contribution >= 0.6 is 11.3 Å². The van der Waals surface area contributed by atoms with Crippen molar-refractivity contribution in [2.24, 2.45) is 0 Å². The maximum atomic E-state index is 13.0. The van der Waals surface area contributed by atoms with Crippen molar-refractivity contribution < 1.29 is 18.7 Å².